The van der Waals surface area contributed by atoms with Crippen LogP contribution in [0.15, 0.2) is 30.5 Å². The number of alkyl halides is 1. The highest BCUT2D eigenvalue weighted by molar-refractivity contribution is 6.24. The molecule has 2 aromatic heterocycles. The van der Waals surface area contributed by atoms with Crippen molar-refractivity contribution in [3.8, 4) is 23.0 Å². The van der Waals surface area contributed by atoms with Crippen LogP contribution < -0.4 is 9.64 Å². The van der Waals surface area contributed by atoms with Crippen molar-refractivity contribution in [2.45, 2.75) is 69.2 Å². The van der Waals surface area contributed by atoms with E-state index in [9.17, 15) is 14.6 Å². The van der Waals surface area contributed by atoms with E-state index in [1.807, 2.05) is 11.8 Å². The van der Waals surface area contributed by atoms with Gasteiger partial charge in [-0.15, -0.1) is 11.6 Å². The first-order chi connectivity index (χ1) is 22.1. The number of rotatable bonds is 8. The van der Waals surface area contributed by atoms with Gasteiger partial charge in [0.15, 0.2) is 5.82 Å². The van der Waals surface area contributed by atoms with Gasteiger partial charge in [0, 0.05) is 38.0 Å². The lowest BCUT2D eigenvalue weighted by Gasteiger charge is -2.39. The number of phenolic OH excluding ortho intramolecular Hbond substituents is 1. The Hall–Kier alpha value is -3.34. The van der Waals surface area contributed by atoms with E-state index in [-0.39, 0.29) is 40.7 Å². The molecule has 5 heterocycles. The third kappa shape index (κ3) is 5.42. The van der Waals surface area contributed by atoms with Crippen LogP contribution in [0.1, 0.15) is 57.9 Å². The lowest BCUT2D eigenvalue weighted by Crippen LogP contribution is -2.45. The van der Waals surface area contributed by atoms with E-state index in [1.165, 1.54) is 12.1 Å². The second-order valence-electron chi connectivity index (χ2n) is 13.5. The van der Waals surface area contributed by atoms with Gasteiger partial charge < -0.3 is 19.8 Å². The number of aromatic nitrogens is 3. The van der Waals surface area contributed by atoms with E-state index < -0.39 is 16.5 Å². The van der Waals surface area contributed by atoms with Crippen LogP contribution >= 0.6 is 11.6 Å². The fraction of sp³-hybridized carbons (Fsp3) is 0.514. The van der Waals surface area contributed by atoms with E-state index >= 15 is 4.39 Å². The zero-order valence-corrected chi connectivity index (χ0v) is 27.1. The zero-order chi connectivity index (χ0) is 32.2. The van der Waals surface area contributed by atoms with Crippen molar-refractivity contribution in [1.82, 2.24) is 19.9 Å². The van der Waals surface area contributed by atoms with Crippen molar-refractivity contribution in [2.75, 3.05) is 44.3 Å². The first-order valence-electron chi connectivity index (χ1n) is 16.4. The van der Waals surface area contributed by atoms with Crippen molar-refractivity contribution < 1.29 is 23.7 Å². The van der Waals surface area contributed by atoms with E-state index in [2.05, 4.69) is 21.8 Å². The Balaban J connectivity index is 1.37. The summed E-state index contributed by atoms with van der Waals surface area (Å²) in [4.78, 5) is 17.9. The van der Waals surface area contributed by atoms with Crippen LogP contribution in [-0.2, 0) is 6.42 Å². The van der Waals surface area contributed by atoms with Gasteiger partial charge in [-0.1, -0.05) is 19.9 Å². The Kier molecular flexibility index (Phi) is 8.18. The number of aromatic hydroxyl groups is 1. The number of phenols is 1. The lowest BCUT2D eigenvalue weighted by atomic mass is 9.92. The monoisotopic (exact) mass is 651 g/mol. The molecule has 4 aromatic rings. The number of hydrogen-bond donors (Lipinski definition) is 2. The molecule has 1 unspecified atom stereocenters. The molecule has 8 nitrogen and oxygen atoms in total. The Morgan fingerprint density at radius 1 is 1.13 bits per heavy atom. The minimum Gasteiger partial charge on any atom is -0.508 e. The number of aliphatic hydroxyl groups is 1. The fourth-order valence-corrected chi connectivity index (χ4v) is 8.60. The molecule has 11 heteroatoms. The number of anilines is 1. The molecule has 3 fully saturated rings. The molecule has 7 rings (SSSR count). The topological polar surface area (TPSA) is 94.8 Å². The zero-order valence-electron chi connectivity index (χ0n) is 26.3. The van der Waals surface area contributed by atoms with E-state index in [0.29, 0.717) is 66.0 Å². The molecule has 3 atom stereocenters. The summed E-state index contributed by atoms with van der Waals surface area (Å²) >= 11 is 6.95. The molecule has 3 aliphatic heterocycles. The number of hydrogen-bond acceptors (Lipinski definition) is 8. The van der Waals surface area contributed by atoms with Crippen LogP contribution in [0.4, 0.5) is 14.6 Å². The second-order valence-corrected chi connectivity index (χ2v) is 14.3. The predicted octanol–water partition coefficient (Wildman–Crippen LogP) is 6.60. The maximum Gasteiger partial charge on any atom is 0.319 e. The van der Waals surface area contributed by atoms with Crippen molar-refractivity contribution >= 4 is 39.1 Å². The van der Waals surface area contributed by atoms with Crippen LogP contribution in [0.3, 0.4) is 0 Å². The number of fused-ring (bicyclic) bond motifs is 3. The number of aliphatic hydroxyl groups excluding tert-OH is 1. The Morgan fingerprint density at radius 3 is 2.76 bits per heavy atom. The Bertz CT molecular complexity index is 1810. The summed E-state index contributed by atoms with van der Waals surface area (Å²) in [5.74, 6) is -0.143. The highest BCUT2D eigenvalue weighted by Crippen LogP contribution is 2.43. The quantitative estimate of drug-likeness (QED) is 0.206. The van der Waals surface area contributed by atoms with Crippen molar-refractivity contribution in [2.24, 2.45) is 5.92 Å². The van der Waals surface area contributed by atoms with E-state index in [1.54, 1.807) is 18.3 Å². The molecule has 3 aliphatic rings. The van der Waals surface area contributed by atoms with Crippen molar-refractivity contribution in [3.05, 3.63) is 47.7 Å². The number of nitrogens with zero attached hydrogens (tertiary/aromatic N) is 5. The third-order valence-electron chi connectivity index (χ3n) is 10.3. The smallest absolute Gasteiger partial charge is 0.319 e. The summed E-state index contributed by atoms with van der Waals surface area (Å²) in [6.45, 7) is 7.59. The molecule has 244 valence electrons. The second kappa shape index (κ2) is 12.0. The number of halogens is 3. The predicted molar refractivity (Wildman–Crippen MR) is 176 cm³/mol. The average molecular weight is 652 g/mol. The van der Waals surface area contributed by atoms with Crippen LogP contribution in [0, 0.1) is 17.6 Å². The highest BCUT2D eigenvalue weighted by atomic mass is 35.5. The minimum atomic E-state index is -0.705. The maximum atomic E-state index is 16.9. The molecule has 2 aromatic carbocycles. The standard InChI is InChI=1S/C35H40ClF2N5O3/c1-3-24-27(37)7-6-22-14-23(45)15-25(28(22)24)30-29(38)31-26(17-39-30)32(42-11-4-8-34(36,19-42)10-13-44)41-33(40-31)46-20-35-9-5-12-43(35)18-21(2)16-35/h6-7,14-15,17,21,44-45H,3-5,8-13,16,18-20H2,1-2H3/t21-,34?,35+/m1/s1. The van der Waals surface area contributed by atoms with Gasteiger partial charge in [-0.25, -0.2) is 8.78 Å². The van der Waals surface area contributed by atoms with Crippen LogP contribution in [0.25, 0.3) is 32.9 Å². The Morgan fingerprint density at radius 2 is 1.96 bits per heavy atom. The van der Waals surface area contributed by atoms with Crippen LogP contribution in [0.2, 0.25) is 0 Å². The average Bonchev–Trinajstić information content (AvgIpc) is 3.55. The Labute approximate surface area is 272 Å². The fourth-order valence-electron chi connectivity index (χ4n) is 8.24. The molecule has 0 bridgehead atoms. The highest BCUT2D eigenvalue weighted by Gasteiger charge is 2.48. The summed E-state index contributed by atoms with van der Waals surface area (Å²) in [6.07, 6.45) is 7.02. The van der Waals surface area contributed by atoms with E-state index in [4.69, 9.17) is 21.3 Å². The number of pyridine rings is 1. The number of piperidine rings is 1. The summed E-state index contributed by atoms with van der Waals surface area (Å²) in [5, 5.41) is 21.8. The normalized spacial score (nSPS) is 25.1. The number of ether oxygens (including phenoxy) is 1. The van der Waals surface area contributed by atoms with E-state index in [0.717, 1.165) is 45.2 Å². The van der Waals surface area contributed by atoms with Crippen molar-refractivity contribution in [1.29, 1.82) is 0 Å². The van der Waals surface area contributed by atoms with Crippen molar-refractivity contribution in [3.63, 3.8) is 0 Å². The number of benzene rings is 2. The first kappa shape index (κ1) is 31.3. The van der Waals surface area contributed by atoms with Gasteiger partial charge in [0.25, 0.3) is 0 Å². The van der Waals surface area contributed by atoms with Gasteiger partial charge in [-0.3, -0.25) is 9.88 Å². The first-order valence-corrected chi connectivity index (χ1v) is 16.7. The lowest BCUT2D eigenvalue weighted by molar-refractivity contribution is 0.107. The molecular formula is C35H40ClF2N5O3. The largest absolute Gasteiger partial charge is 0.508 e. The van der Waals surface area contributed by atoms with Gasteiger partial charge in [-0.05, 0) is 91.9 Å². The van der Waals surface area contributed by atoms with Crippen LogP contribution in [-0.4, -0.2) is 79.9 Å². The van der Waals surface area contributed by atoms with Gasteiger partial charge >= 0.3 is 6.01 Å². The summed E-state index contributed by atoms with van der Waals surface area (Å²) in [7, 11) is 0. The molecule has 0 radical (unpaired) electrons. The summed E-state index contributed by atoms with van der Waals surface area (Å²) in [6, 6.07) is 5.98. The minimum absolute atomic E-state index is 0.0319. The third-order valence-corrected chi connectivity index (χ3v) is 10.8. The van der Waals surface area contributed by atoms with Gasteiger partial charge in [0.05, 0.1) is 15.8 Å². The molecule has 0 amide bonds. The summed E-state index contributed by atoms with van der Waals surface area (Å²) in [5.41, 5.74) is 0.611. The molecular weight excluding hydrogens is 612 g/mol. The summed E-state index contributed by atoms with van der Waals surface area (Å²) < 4.78 is 38.3. The van der Waals surface area contributed by atoms with Gasteiger partial charge in [0.1, 0.15) is 35.2 Å². The van der Waals surface area contributed by atoms with Gasteiger partial charge in [-0.2, -0.15) is 9.97 Å². The van der Waals surface area contributed by atoms with Crippen LogP contribution in [0.5, 0.6) is 11.8 Å². The SMILES string of the molecule is CCc1c(F)ccc2cc(O)cc(-c3ncc4c(N5CCCC(Cl)(CCO)C5)nc(OC[C@@]56CCCN5C[C@H](C)C6)nc4c3F)c12. The maximum absolute atomic E-state index is 16.9. The number of aryl methyl sites for hydroxylation is 1. The molecule has 0 spiro atoms. The molecule has 46 heavy (non-hydrogen) atoms. The molecule has 0 aliphatic carbocycles. The van der Waals surface area contributed by atoms with Gasteiger partial charge in [0.2, 0.25) is 0 Å². The molecule has 0 saturated carbocycles. The molecule has 2 N–H and O–H groups in total. The molecule has 3 saturated heterocycles.